The minimum absolute atomic E-state index is 0.00857. The molecule has 10 nitrogen and oxygen atoms in total. The molecule has 0 saturated heterocycles. The molecule has 0 amide bonds. The largest absolute Gasteiger partial charge is 0.453 e. The number of Topliss-reactive ketones (excluding diaryl/α,β-unsaturated/α-hetero) is 1. The Morgan fingerprint density at radius 2 is 1.79 bits per heavy atom. The first kappa shape index (κ1) is 19.7. The number of ketones is 1. The summed E-state index contributed by atoms with van der Waals surface area (Å²) >= 11 is 0. The summed E-state index contributed by atoms with van der Waals surface area (Å²) in [7, 11) is 2.51. The van der Waals surface area contributed by atoms with E-state index >= 15 is 0 Å². The van der Waals surface area contributed by atoms with E-state index < -0.39 is 41.0 Å². The maximum Gasteiger partial charge on any atom is 0.357 e. The molecule has 0 aliphatic heterocycles. The molecule has 0 spiro atoms. The minimum Gasteiger partial charge on any atom is -0.453 e. The number of imidazole rings is 1. The van der Waals surface area contributed by atoms with Crippen molar-refractivity contribution < 1.29 is 18.7 Å². The summed E-state index contributed by atoms with van der Waals surface area (Å²) in [5.41, 5.74) is 4.13. The van der Waals surface area contributed by atoms with Gasteiger partial charge in [0.2, 0.25) is 5.78 Å². The van der Waals surface area contributed by atoms with Crippen molar-refractivity contribution in [2.45, 2.75) is 0 Å². The zero-order chi connectivity index (χ0) is 21.3. The van der Waals surface area contributed by atoms with Crippen molar-refractivity contribution in [3.8, 4) is 5.69 Å². The molecule has 0 aliphatic rings. The lowest BCUT2D eigenvalue weighted by Gasteiger charge is -2.11. The number of nitrogen functional groups attached to an aromatic ring is 1. The molecular weight excluding hydrogens is 385 g/mol. The number of carbonyl (C=O) groups is 2. The van der Waals surface area contributed by atoms with Gasteiger partial charge in [-0.2, -0.15) is 0 Å². The van der Waals surface area contributed by atoms with Crippen molar-refractivity contribution >= 4 is 17.6 Å². The fourth-order valence-electron chi connectivity index (χ4n) is 2.65. The Kier molecular flexibility index (Phi) is 5.13. The molecule has 3 aromatic rings. The average Bonchev–Trinajstić information content (AvgIpc) is 3.19. The lowest BCUT2D eigenvalue weighted by atomic mass is 10.2. The Morgan fingerprint density at radius 3 is 2.45 bits per heavy atom. The SMILES string of the molecule is Cn1c(N)c(C(=O)COC(=O)c2cncn2-c2ccc(F)cc2)c(=O)n(C)c1=O. The van der Waals surface area contributed by atoms with Gasteiger partial charge < -0.3 is 10.5 Å². The highest BCUT2D eigenvalue weighted by atomic mass is 19.1. The second-order valence-electron chi connectivity index (χ2n) is 6.09. The summed E-state index contributed by atoms with van der Waals surface area (Å²) in [6.45, 7) is -0.773. The van der Waals surface area contributed by atoms with E-state index in [0.717, 1.165) is 9.13 Å². The number of rotatable bonds is 5. The number of carbonyl (C=O) groups excluding carboxylic acids is 2. The van der Waals surface area contributed by atoms with E-state index in [0.29, 0.717) is 5.69 Å². The van der Waals surface area contributed by atoms with Crippen LogP contribution in [0.4, 0.5) is 10.2 Å². The number of nitrogens with zero attached hydrogens (tertiary/aromatic N) is 4. The Balaban J connectivity index is 1.82. The van der Waals surface area contributed by atoms with Crippen LogP contribution < -0.4 is 17.0 Å². The van der Waals surface area contributed by atoms with Crippen LogP contribution in [0.25, 0.3) is 5.69 Å². The summed E-state index contributed by atoms with van der Waals surface area (Å²) < 4.78 is 21.1. The van der Waals surface area contributed by atoms with Gasteiger partial charge >= 0.3 is 11.7 Å². The van der Waals surface area contributed by atoms with Crippen LogP contribution in [0.5, 0.6) is 0 Å². The van der Waals surface area contributed by atoms with E-state index in [2.05, 4.69) is 4.98 Å². The van der Waals surface area contributed by atoms with Crippen LogP contribution in [0.2, 0.25) is 0 Å². The minimum atomic E-state index is -0.889. The lowest BCUT2D eigenvalue weighted by molar-refractivity contribution is 0.0466. The van der Waals surface area contributed by atoms with Gasteiger partial charge in [-0.1, -0.05) is 0 Å². The van der Waals surface area contributed by atoms with E-state index in [1.54, 1.807) is 0 Å². The molecule has 2 aromatic heterocycles. The number of hydrogen-bond donors (Lipinski definition) is 1. The smallest absolute Gasteiger partial charge is 0.357 e. The monoisotopic (exact) mass is 401 g/mol. The van der Waals surface area contributed by atoms with E-state index in [1.807, 2.05) is 0 Å². The van der Waals surface area contributed by atoms with Crippen molar-refractivity contribution in [3.63, 3.8) is 0 Å². The van der Waals surface area contributed by atoms with Crippen LogP contribution in [0.1, 0.15) is 20.8 Å². The van der Waals surface area contributed by atoms with Gasteiger partial charge in [0, 0.05) is 19.8 Å². The lowest BCUT2D eigenvalue weighted by Crippen LogP contribution is -2.42. The summed E-state index contributed by atoms with van der Waals surface area (Å²) in [6.07, 6.45) is 2.54. The molecule has 2 N–H and O–H groups in total. The number of hydrogen-bond acceptors (Lipinski definition) is 7. The molecular formula is C18H16FN5O5. The molecule has 11 heteroatoms. The van der Waals surface area contributed by atoms with Gasteiger partial charge in [-0.15, -0.1) is 0 Å². The number of aromatic nitrogens is 4. The number of halogens is 1. The summed E-state index contributed by atoms with van der Waals surface area (Å²) in [5.74, 6) is -2.52. The van der Waals surface area contributed by atoms with E-state index in [-0.39, 0.29) is 11.5 Å². The first-order valence-electron chi connectivity index (χ1n) is 8.26. The average molecular weight is 401 g/mol. The first-order chi connectivity index (χ1) is 13.7. The van der Waals surface area contributed by atoms with Crippen LogP contribution in [0.15, 0.2) is 46.4 Å². The fourth-order valence-corrected chi connectivity index (χ4v) is 2.65. The molecule has 0 radical (unpaired) electrons. The maximum absolute atomic E-state index is 13.1. The number of anilines is 1. The number of esters is 1. The first-order valence-corrected chi connectivity index (χ1v) is 8.26. The number of nitrogens with two attached hydrogens (primary N) is 1. The molecule has 150 valence electrons. The van der Waals surface area contributed by atoms with Gasteiger partial charge in [-0.3, -0.25) is 23.3 Å². The van der Waals surface area contributed by atoms with Crippen molar-refractivity contribution in [2.24, 2.45) is 14.1 Å². The normalized spacial score (nSPS) is 10.7. The highest BCUT2D eigenvalue weighted by molar-refractivity contribution is 6.02. The van der Waals surface area contributed by atoms with Gasteiger partial charge in [0.05, 0.1) is 12.5 Å². The zero-order valence-corrected chi connectivity index (χ0v) is 15.5. The Hall–Kier alpha value is -4.02. The molecule has 0 fully saturated rings. The molecule has 0 atom stereocenters. The number of benzene rings is 1. The molecule has 0 saturated carbocycles. The highest BCUT2D eigenvalue weighted by Gasteiger charge is 2.23. The molecule has 29 heavy (non-hydrogen) atoms. The van der Waals surface area contributed by atoms with Gasteiger partial charge in [0.15, 0.2) is 12.3 Å². The third-order valence-corrected chi connectivity index (χ3v) is 4.28. The second-order valence-corrected chi connectivity index (χ2v) is 6.09. The van der Waals surface area contributed by atoms with Crippen LogP contribution in [-0.4, -0.2) is 37.0 Å². The zero-order valence-electron chi connectivity index (χ0n) is 15.5. The summed E-state index contributed by atoms with van der Waals surface area (Å²) in [4.78, 5) is 52.7. The van der Waals surface area contributed by atoms with Crippen LogP contribution >= 0.6 is 0 Å². The Bertz CT molecular complexity index is 1220. The van der Waals surface area contributed by atoms with Gasteiger partial charge in [-0.25, -0.2) is 19.0 Å². The highest BCUT2D eigenvalue weighted by Crippen LogP contribution is 2.13. The molecule has 1 aromatic carbocycles. The van der Waals surface area contributed by atoms with E-state index in [1.165, 1.54) is 55.5 Å². The van der Waals surface area contributed by atoms with Crippen molar-refractivity contribution in [1.29, 1.82) is 0 Å². The fraction of sp³-hybridized carbons (Fsp3) is 0.167. The third-order valence-electron chi connectivity index (χ3n) is 4.28. The van der Waals surface area contributed by atoms with E-state index in [4.69, 9.17) is 10.5 Å². The van der Waals surface area contributed by atoms with Crippen LogP contribution in [0.3, 0.4) is 0 Å². The second kappa shape index (κ2) is 7.54. The standard InChI is InChI=1S/C18H16FN5O5/c1-22-15(20)14(16(26)23(2)18(22)28)13(25)8-29-17(27)12-7-21-9-24(12)11-5-3-10(19)4-6-11/h3-7,9H,8,20H2,1-2H3. The Labute approximate surface area is 162 Å². The summed E-state index contributed by atoms with van der Waals surface area (Å²) in [6, 6.07) is 5.31. The predicted molar refractivity (Wildman–Crippen MR) is 99.5 cm³/mol. The number of ether oxygens (including phenoxy) is 1. The van der Waals surface area contributed by atoms with E-state index in [9.17, 15) is 23.6 Å². The molecule has 2 heterocycles. The van der Waals surface area contributed by atoms with Crippen molar-refractivity contribution in [3.05, 3.63) is 74.7 Å². The van der Waals surface area contributed by atoms with Crippen LogP contribution in [-0.2, 0) is 18.8 Å². The predicted octanol–water partition coefficient (Wildman–Crippen LogP) is 0.0307. The molecule has 0 bridgehead atoms. The topological polar surface area (TPSA) is 131 Å². The quantitative estimate of drug-likeness (QED) is 0.471. The summed E-state index contributed by atoms with van der Waals surface area (Å²) in [5, 5.41) is 0. The van der Waals surface area contributed by atoms with Gasteiger partial charge in [-0.05, 0) is 24.3 Å². The van der Waals surface area contributed by atoms with Gasteiger partial charge in [0.25, 0.3) is 5.56 Å². The molecule has 0 unspecified atom stereocenters. The molecule has 0 aliphatic carbocycles. The van der Waals surface area contributed by atoms with Crippen molar-refractivity contribution in [1.82, 2.24) is 18.7 Å². The van der Waals surface area contributed by atoms with Gasteiger partial charge in [0.1, 0.15) is 17.2 Å². The third kappa shape index (κ3) is 3.57. The molecule has 3 rings (SSSR count). The van der Waals surface area contributed by atoms with Crippen LogP contribution in [0, 0.1) is 5.82 Å². The maximum atomic E-state index is 13.1. The Morgan fingerprint density at radius 1 is 1.14 bits per heavy atom. The van der Waals surface area contributed by atoms with Crippen molar-refractivity contribution in [2.75, 3.05) is 12.3 Å².